The third-order valence-electron chi connectivity index (χ3n) is 23.0. The van der Waals surface area contributed by atoms with Gasteiger partial charge in [-0.2, -0.15) is 13.9 Å². The molecule has 6 atom stereocenters. The Morgan fingerprint density at radius 2 is 0.825 bits per heavy atom. The summed E-state index contributed by atoms with van der Waals surface area (Å²) in [6.45, 7) is 9.95. The first-order valence-electron chi connectivity index (χ1n) is 44.8. The average Bonchev–Trinajstić information content (AvgIpc) is 1.52. The highest BCUT2D eigenvalue weighted by Crippen LogP contribution is 2.68. The van der Waals surface area contributed by atoms with Gasteiger partial charge in [0.25, 0.3) is 12.3 Å². The van der Waals surface area contributed by atoms with Gasteiger partial charge in [-0.15, -0.1) is 0 Å². The number of nitrogens with zero attached hydrogens (tertiary/aromatic N) is 14. The largest absolute Gasteiger partial charge is 0.569 e. The topological polar surface area (TPSA) is 310 Å². The highest BCUT2D eigenvalue weighted by atomic mass is 79.9. The van der Waals surface area contributed by atoms with Crippen LogP contribution in [-0.4, -0.2) is 111 Å². The van der Waals surface area contributed by atoms with Crippen LogP contribution in [0.15, 0.2) is 274 Å². The van der Waals surface area contributed by atoms with Gasteiger partial charge in [-0.05, 0) is 265 Å². The molecule has 1 saturated carbocycles. The van der Waals surface area contributed by atoms with Crippen molar-refractivity contribution < 1.29 is 86.2 Å². The van der Waals surface area contributed by atoms with E-state index in [1.807, 2.05) is 84.9 Å². The van der Waals surface area contributed by atoms with Crippen LogP contribution in [-0.2, 0) is 62.0 Å². The molecule has 0 aliphatic heterocycles. The smallest absolute Gasteiger partial charge is 0.537 e. The summed E-state index contributed by atoms with van der Waals surface area (Å²) in [5.74, 6) is -12.7. The Labute approximate surface area is 820 Å². The van der Waals surface area contributed by atoms with E-state index in [2.05, 4.69) is 86.2 Å². The molecule has 1 radical (unpaired) electrons. The van der Waals surface area contributed by atoms with Crippen LogP contribution in [0.4, 0.5) is 52.7 Å². The van der Waals surface area contributed by atoms with E-state index in [9.17, 15) is 58.3 Å². The number of halogens is 13. The fourth-order valence-corrected chi connectivity index (χ4v) is 17.6. The number of benzene rings is 8. The molecule has 0 saturated heterocycles. The summed E-state index contributed by atoms with van der Waals surface area (Å²) in [5, 5.41) is 22.8. The number of aromatic nitrogens is 14. The number of fused-ring (bicyclic) bond motifs is 7. The predicted molar refractivity (Wildman–Crippen MR) is 515 cm³/mol. The number of esters is 2. The monoisotopic (exact) mass is 2020 g/mol. The number of rotatable bonds is 25. The molecule has 23 nitrogen and oxygen atoms in total. The van der Waals surface area contributed by atoms with E-state index in [1.165, 1.54) is 67.9 Å². The van der Waals surface area contributed by atoms with Crippen LogP contribution in [0, 0.1) is 52.5 Å². The quantitative estimate of drug-likeness (QED) is 0.0272. The molecule has 143 heavy (non-hydrogen) atoms. The Hall–Kier alpha value is -15.2. The minimum absolute atomic E-state index is 0.00306. The minimum atomic E-state index is -3.40. The fourth-order valence-electron chi connectivity index (χ4n) is 17.1. The van der Waals surface area contributed by atoms with Gasteiger partial charge in [-0.1, -0.05) is 36.4 Å². The molecular formula is C106H89BBrF12N16O7. The molecule has 2 aliphatic carbocycles. The Kier molecular flexibility index (Phi) is 32.2. The third kappa shape index (κ3) is 26.7. The molecule has 9 aromatic heterocycles. The highest BCUT2D eigenvalue weighted by molar-refractivity contribution is 9.10. The maximum absolute atomic E-state index is 15.1. The van der Waals surface area contributed by atoms with Gasteiger partial charge in [0.2, 0.25) is 5.91 Å². The van der Waals surface area contributed by atoms with Crippen molar-refractivity contribution in [2.24, 2.45) is 11.7 Å². The number of ether oxygens (including phenoxy) is 2. The van der Waals surface area contributed by atoms with Crippen molar-refractivity contribution in [3.05, 3.63) is 383 Å². The summed E-state index contributed by atoms with van der Waals surface area (Å²) in [5.41, 5.74) is 11.6. The number of hydrogen-bond acceptors (Lipinski definition) is 21. The molecule has 17 aromatic rings. The van der Waals surface area contributed by atoms with Crippen LogP contribution >= 0.6 is 15.9 Å². The van der Waals surface area contributed by atoms with Crippen LogP contribution in [0.2, 0.25) is 0 Å². The number of amides is 1. The van der Waals surface area contributed by atoms with Gasteiger partial charge in [-0.25, -0.2) is 83.8 Å². The lowest BCUT2D eigenvalue weighted by Gasteiger charge is -2.23. The maximum Gasteiger partial charge on any atom is 0.569 e. The Bertz CT molecular complexity index is 7420. The number of nitrogens with two attached hydrogens (primary N) is 1. The predicted octanol–water partition coefficient (Wildman–Crippen LogP) is 22.4. The molecular weight excluding hydrogens is 1930 g/mol. The molecule has 19 rings (SSSR count). The molecule has 5 unspecified atom stereocenters. The first-order valence-corrected chi connectivity index (χ1v) is 45.6. The zero-order chi connectivity index (χ0) is 102. The van der Waals surface area contributed by atoms with E-state index < -0.39 is 142 Å². The van der Waals surface area contributed by atoms with Crippen molar-refractivity contribution in [3.63, 3.8) is 0 Å². The lowest BCUT2D eigenvalue weighted by Crippen LogP contribution is -2.35. The summed E-state index contributed by atoms with van der Waals surface area (Å²) < 4.78 is 185. The molecule has 8 aromatic carbocycles. The van der Waals surface area contributed by atoms with Crippen LogP contribution < -0.4 is 15.7 Å². The van der Waals surface area contributed by atoms with E-state index in [4.69, 9.17) is 24.9 Å². The van der Waals surface area contributed by atoms with Gasteiger partial charge in [0.15, 0.2) is 0 Å². The Morgan fingerprint density at radius 3 is 1.24 bits per heavy atom. The van der Waals surface area contributed by atoms with Crippen molar-refractivity contribution in [2.75, 3.05) is 0 Å². The molecule has 1 fully saturated rings. The minimum Gasteiger partial charge on any atom is -0.537 e. The van der Waals surface area contributed by atoms with E-state index in [0.29, 0.717) is 73.6 Å². The second kappa shape index (κ2) is 45.1. The van der Waals surface area contributed by atoms with Crippen molar-refractivity contribution in [3.8, 4) is 39.1 Å². The zero-order valence-electron chi connectivity index (χ0n) is 77.3. The number of alkyl halides is 4. The molecule has 0 bridgehead atoms. The normalized spacial score (nSPS) is 14.2. The first-order chi connectivity index (χ1) is 68.4. The summed E-state index contributed by atoms with van der Waals surface area (Å²) >= 11 is 3.37. The summed E-state index contributed by atoms with van der Waals surface area (Å²) in [6.07, 6.45) is 23.4. The number of nitrogens with one attached hydrogen (secondary N) is 1. The van der Waals surface area contributed by atoms with Crippen LogP contribution in [0.25, 0.3) is 76.5 Å². The van der Waals surface area contributed by atoms with Crippen LogP contribution in [0.1, 0.15) is 159 Å². The SMILES string of the molecule is CC(C)(C)OC(=O)CC(Cc1cc(F)cc(F)c1)c1ncncc1-c1ccc2cnccc2c1.CC(C)(C)OC(=O)C[C@@H](Cc1cc(F)cc(F)c1)c1ncncc1Br.NC(Cc1cc(F)cc(F)c1)c1ncncc1-c1ccc2cnccc2c1.O=C(Cn1nc(C(F)F)c2c1C(F)(F)C1CC21)NC(Cc1cc(F)cc(F)c1)c1ncncc1-c1ccc2cnccc2c1.O[B]Oc1ccc2cnccc2c1. The zero-order valence-corrected chi connectivity index (χ0v) is 78.9. The fraction of sp³-hybridized carbons (Fsp3) is 0.226. The van der Waals surface area contributed by atoms with Gasteiger partial charge in [0.1, 0.15) is 107 Å². The standard InChI is InChI=1S/C31H22F6N6O.C27H25F2N3O2.C21H16F2N4.C18H19BrF2N2O2.C9H7BNO2/c32-19-5-15(6-20(33)9-19)7-24(27-22(12-39-14-40-27)17-1-2-18-11-38-4-3-16(18)8-17)41-25(44)13-43-29-26(28(42-43)30(34)35)21-10-23(21)31(29,36)37;1-27(2,3)34-25(33)12-21(8-17-9-22(28)13-23(29)10-17)26-24(15-31-16-32-26)19-4-5-20-14-30-7-6-18(20)11-19;22-17-5-13(6-18(23)9-17)7-20(24)21-19(11-26-12-27-21)15-1-2-16-10-25-4-3-14(16)8-15;1-18(2,3)25-16(24)7-12(17-15(19)9-22-10-23-17)4-11-5-13(20)8-14(21)6-11;12-10-13-9-2-1-8-6-11-4-3-7(8)5-9/h1-6,8-9,11-12,14,21,23-24,30H,7,10,13H2,(H,41,44);4-7,9-11,13-16,21H,8,12H2,1-3H3;1-6,8-12,20H,7,24H2;5-6,8-10,12H,4,7H2,1-3H3;1-6,12H/t;;;12-;/m...1./s1. The highest BCUT2D eigenvalue weighted by Gasteiger charge is 2.67. The molecule has 0 spiro atoms. The Morgan fingerprint density at radius 1 is 0.455 bits per heavy atom. The van der Waals surface area contributed by atoms with Gasteiger partial charge in [-0.3, -0.25) is 39.0 Å². The summed E-state index contributed by atoms with van der Waals surface area (Å²) in [6, 6.07) is 41.9. The van der Waals surface area contributed by atoms with E-state index >= 15 is 8.78 Å². The molecule has 729 valence electrons. The van der Waals surface area contributed by atoms with Gasteiger partial charge in [0.05, 0.1) is 52.2 Å². The average molecular weight is 2020 g/mol. The van der Waals surface area contributed by atoms with E-state index in [1.54, 1.807) is 122 Å². The first kappa shape index (κ1) is 102. The lowest BCUT2D eigenvalue weighted by atomic mass is 9.88. The van der Waals surface area contributed by atoms with Crippen molar-refractivity contribution in [1.29, 1.82) is 0 Å². The van der Waals surface area contributed by atoms with Crippen molar-refractivity contribution in [2.45, 2.75) is 146 Å². The van der Waals surface area contributed by atoms with Crippen LogP contribution in [0.5, 0.6) is 5.75 Å². The lowest BCUT2D eigenvalue weighted by molar-refractivity contribution is -0.156. The number of pyridine rings is 4. The number of carbonyl (C=O) groups is 3. The maximum atomic E-state index is 15.1. The number of carbonyl (C=O) groups excluding carboxylic acids is 3. The van der Waals surface area contributed by atoms with Crippen LogP contribution in [0.3, 0.4) is 0 Å². The summed E-state index contributed by atoms with van der Waals surface area (Å²) in [7, 11) is 0.669. The second-order valence-electron chi connectivity index (χ2n) is 35.9. The van der Waals surface area contributed by atoms with Crippen molar-refractivity contribution >= 4 is 84.6 Å². The molecule has 4 N–H and O–H groups in total. The summed E-state index contributed by atoms with van der Waals surface area (Å²) in [4.78, 5) is 88.6. The molecule has 9 heterocycles. The van der Waals surface area contributed by atoms with Crippen molar-refractivity contribution in [1.82, 2.24) is 74.9 Å². The van der Waals surface area contributed by atoms with E-state index in [0.717, 1.165) is 95.7 Å². The second-order valence-corrected chi connectivity index (χ2v) is 36.8. The van der Waals surface area contributed by atoms with Gasteiger partial charge < -0.3 is 30.2 Å². The molecule has 2 aliphatic rings. The third-order valence-corrected chi connectivity index (χ3v) is 23.7. The Balaban J connectivity index is 0.000000140. The molecule has 37 heteroatoms. The molecule has 1 amide bonds. The van der Waals surface area contributed by atoms with Gasteiger partial charge in [0, 0.05) is 160 Å². The van der Waals surface area contributed by atoms with E-state index in [-0.39, 0.29) is 61.8 Å². The number of hydrogen-bond donors (Lipinski definition) is 3. The van der Waals surface area contributed by atoms with Gasteiger partial charge >= 0.3 is 19.6 Å².